The maximum Gasteiger partial charge on any atom is 0.269 e. The Bertz CT molecular complexity index is 961. The minimum Gasteiger partial charge on any atom is -0.382 e. The number of rotatable bonds is 3. The molecule has 1 aromatic heterocycles. The van der Waals surface area contributed by atoms with Gasteiger partial charge in [0.15, 0.2) is 0 Å². The highest BCUT2D eigenvalue weighted by Crippen LogP contribution is 2.37. The van der Waals surface area contributed by atoms with E-state index >= 15 is 0 Å². The van der Waals surface area contributed by atoms with Gasteiger partial charge in [0, 0.05) is 16.9 Å². The summed E-state index contributed by atoms with van der Waals surface area (Å²) in [6, 6.07) is 8.30. The molecule has 1 aromatic carbocycles. The highest BCUT2D eigenvalue weighted by molar-refractivity contribution is 7.16. The molecule has 0 spiro atoms. The first-order valence-corrected chi connectivity index (χ1v) is 9.81. The maximum atomic E-state index is 13.4. The quantitative estimate of drug-likeness (QED) is 0.809. The summed E-state index contributed by atoms with van der Waals surface area (Å²) < 4.78 is 13.4. The minimum atomic E-state index is -0.781. The van der Waals surface area contributed by atoms with Crippen LogP contribution in [0.4, 0.5) is 9.39 Å². The van der Waals surface area contributed by atoms with E-state index in [0.29, 0.717) is 21.8 Å². The Morgan fingerprint density at radius 3 is 3.00 bits per heavy atom. The van der Waals surface area contributed by atoms with Crippen LogP contribution in [0.15, 0.2) is 29.4 Å². The van der Waals surface area contributed by atoms with Crippen LogP contribution < -0.4 is 5.32 Å². The maximum absolute atomic E-state index is 13.4. The molecule has 27 heavy (non-hydrogen) atoms. The van der Waals surface area contributed by atoms with Gasteiger partial charge in [-0.3, -0.25) is 4.79 Å². The van der Waals surface area contributed by atoms with Gasteiger partial charge in [-0.1, -0.05) is 23.7 Å². The van der Waals surface area contributed by atoms with Crippen LogP contribution in [-0.4, -0.2) is 17.7 Å². The lowest BCUT2D eigenvalue weighted by atomic mass is 10.0. The number of amides is 1. The Labute approximate surface area is 160 Å². The summed E-state index contributed by atoms with van der Waals surface area (Å²) in [7, 11) is 0. The van der Waals surface area contributed by atoms with Crippen molar-refractivity contribution in [3.8, 4) is 6.07 Å². The van der Waals surface area contributed by atoms with Gasteiger partial charge in [0.05, 0.1) is 11.3 Å². The minimum absolute atomic E-state index is 0.266. The zero-order valence-electron chi connectivity index (χ0n) is 14.6. The first-order valence-electron chi connectivity index (χ1n) is 9.00. The number of nitrogens with zero attached hydrogens (tertiary/aromatic N) is 2. The Morgan fingerprint density at radius 1 is 1.33 bits per heavy atom. The summed E-state index contributed by atoms with van der Waals surface area (Å²) in [4.78, 5) is 19.1. The first-order chi connectivity index (χ1) is 13.2. The third-order valence-corrected chi connectivity index (χ3v) is 6.10. The SMILES string of the molecule is N#Cc1c(NC(=O)[C@H]2CC(c3cccc(F)c3)=NO2)sc2c1CCCCC2. The Balaban J connectivity index is 1.47. The number of thiophene rings is 1. The number of hydrogen-bond donors (Lipinski definition) is 1. The Kier molecular flexibility index (Phi) is 4.90. The summed E-state index contributed by atoms with van der Waals surface area (Å²) in [6.07, 6.45) is 4.68. The molecule has 2 aliphatic rings. The lowest BCUT2D eigenvalue weighted by Gasteiger charge is -2.08. The Hall–Kier alpha value is -2.72. The molecule has 0 fully saturated rings. The summed E-state index contributed by atoms with van der Waals surface area (Å²) in [5.41, 5.74) is 2.80. The van der Waals surface area contributed by atoms with Crippen molar-refractivity contribution in [3.05, 3.63) is 51.7 Å². The van der Waals surface area contributed by atoms with E-state index in [1.807, 2.05) is 0 Å². The number of carbonyl (C=O) groups is 1. The van der Waals surface area contributed by atoms with Crippen LogP contribution in [0, 0.1) is 17.1 Å². The number of aryl methyl sites for hydroxylation is 1. The van der Waals surface area contributed by atoms with Gasteiger partial charge in [-0.2, -0.15) is 5.26 Å². The topological polar surface area (TPSA) is 74.5 Å². The molecule has 138 valence electrons. The van der Waals surface area contributed by atoms with Crippen molar-refractivity contribution < 1.29 is 14.0 Å². The zero-order chi connectivity index (χ0) is 18.8. The summed E-state index contributed by atoms with van der Waals surface area (Å²) in [6.45, 7) is 0. The highest BCUT2D eigenvalue weighted by atomic mass is 32.1. The van der Waals surface area contributed by atoms with Crippen LogP contribution in [-0.2, 0) is 22.5 Å². The molecule has 1 aliphatic carbocycles. The molecule has 2 heterocycles. The van der Waals surface area contributed by atoms with E-state index in [0.717, 1.165) is 31.2 Å². The molecule has 0 unspecified atom stereocenters. The van der Waals surface area contributed by atoms with E-state index in [2.05, 4.69) is 16.5 Å². The molecule has 1 amide bonds. The predicted octanol–water partition coefficient (Wildman–Crippen LogP) is 4.16. The molecule has 1 aliphatic heterocycles. The van der Waals surface area contributed by atoms with E-state index in [4.69, 9.17) is 4.84 Å². The molecule has 4 rings (SSSR count). The second-order valence-electron chi connectivity index (χ2n) is 6.72. The van der Waals surface area contributed by atoms with E-state index in [1.54, 1.807) is 12.1 Å². The van der Waals surface area contributed by atoms with Crippen LogP contribution in [0.5, 0.6) is 0 Å². The molecule has 0 saturated carbocycles. The molecule has 1 atom stereocenters. The average molecular weight is 383 g/mol. The summed E-state index contributed by atoms with van der Waals surface area (Å²) in [5, 5.41) is 16.9. The van der Waals surface area contributed by atoms with Crippen molar-refractivity contribution in [3.63, 3.8) is 0 Å². The van der Waals surface area contributed by atoms with Crippen molar-refractivity contribution >= 4 is 28.0 Å². The van der Waals surface area contributed by atoms with Gasteiger partial charge in [0.25, 0.3) is 5.91 Å². The fraction of sp³-hybridized carbons (Fsp3) is 0.350. The van der Waals surface area contributed by atoms with Crippen LogP contribution in [0.3, 0.4) is 0 Å². The molecular formula is C20H18FN3O2S. The first kappa shape index (κ1) is 17.7. The van der Waals surface area contributed by atoms with Gasteiger partial charge in [-0.25, -0.2) is 4.39 Å². The number of benzene rings is 1. The smallest absolute Gasteiger partial charge is 0.269 e. The number of nitriles is 1. The lowest BCUT2D eigenvalue weighted by Crippen LogP contribution is -2.28. The van der Waals surface area contributed by atoms with Gasteiger partial charge in [0.2, 0.25) is 6.10 Å². The van der Waals surface area contributed by atoms with Gasteiger partial charge in [0.1, 0.15) is 16.9 Å². The summed E-state index contributed by atoms with van der Waals surface area (Å²) in [5.74, 6) is -0.695. The fourth-order valence-electron chi connectivity index (χ4n) is 3.50. The van der Waals surface area contributed by atoms with Gasteiger partial charge >= 0.3 is 0 Å². The number of hydrogen-bond acceptors (Lipinski definition) is 5. The van der Waals surface area contributed by atoms with Crippen molar-refractivity contribution in [1.29, 1.82) is 5.26 Å². The average Bonchev–Trinajstić information content (AvgIpc) is 3.21. The van der Waals surface area contributed by atoms with Crippen molar-refractivity contribution in [2.45, 2.75) is 44.6 Å². The van der Waals surface area contributed by atoms with E-state index in [1.165, 1.54) is 34.8 Å². The molecule has 0 saturated heterocycles. The lowest BCUT2D eigenvalue weighted by molar-refractivity contribution is -0.125. The molecule has 2 aromatic rings. The van der Waals surface area contributed by atoms with E-state index < -0.39 is 6.10 Å². The van der Waals surface area contributed by atoms with Gasteiger partial charge in [-0.15, -0.1) is 11.3 Å². The normalized spacial score (nSPS) is 18.7. The predicted molar refractivity (Wildman–Crippen MR) is 101 cm³/mol. The van der Waals surface area contributed by atoms with Gasteiger partial charge in [-0.05, 0) is 43.4 Å². The van der Waals surface area contributed by atoms with E-state index in [9.17, 15) is 14.4 Å². The second kappa shape index (κ2) is 7.49. The third kappa shape index (κ3) is 3.58. The number of oxime groups is 1. The fourth-order valence-corrected chi connectivity index (χ4v) is 4.74. The van der Waals surface area contributed by atoms with Gasteiger partial charge < -0.3 is 10.2 Å². The van der Waals surface area contributed by atoms with Crippen LogP contribution in [0.25, 0.3) is 0 Å². The molecular weight excluding hydrogens is 365 g/mol. The highest BCUT2D eigenvalue weighted by Gasteiger charge is 2.30. The zero-order valence-corrected chi connectivity index (χ0v) is 15.4. The molecule has 1 N–H and O–H groups in total. The number of carbonyl (C=O) groups excluding carboxylic acids is 1. The van der Waals surface area contributed by atoms with Crippen LogP contribution in [0.1, 0.15) is 47.3 Å². The monoisotopic (exact) mass is 383 g/mol. The number of anilines is 1. The van der Waals surface area contributed by atoms with Crippen LogP contribution in [0.2, 0.25) is 0 Å². The summed E-state index contributed by atoms with van der Waals surface area (Å²) >= 11 is 1.49. The van der Waals surface area contributed by atoms with Crippen molar-refractivity contribution in [1.82, 2.24) is 0 Å². The molecule has 5 nitrogen and oxygen atoms in total. The number of halogens is 1. The number of nitrogens with one attached hydrogen (secondary N) is 1. The third-order valence-electron chi connectivity index (χ3n) is 4.89. The Morgan fingerprint density at radius 2 is 2.19 bits per heavy atom. The molecule has 0 radical (unpaired) electrons. The standard InChI is InChI=1S/C20H18FN3O2S/c21-13-6-4-5-12(9-13)16-10-17(26-24-16)19(25)23-20-15(11-22)14-7-2-1-3-8-18(14)27-20/h4-6,9,17H,1-3,7-8,10H2,(H,23,25)/t17-/m1/s1. The second-order valence-corrected chi connectivity index (χ2v) is 7.82. The number of fused-ring (bicyclic) bond motifs is 1. The molecule has 7 heteroatoms. The van der Waals surface area contributed by atoms with Crippen molar-refractivity contribution in [2.75, 3.05) is 5.32 Å². The van der Waals surface area contributed by atoms with Crippen molar-refractivity contribution in [2.24, 2.45) is 5.16 Å². The largest absolute Gasteiger partial charge is 0.382 e. The van der Waals surface area contributed by atoms with E-state index in [-0.39, 0.29) is 18.1 Å². The van der Waals surface area contributed by atoms with Crippen LogP contribution >= 0.6 is 11.3 Å². The molecule has 0 bridgehead atoms.